The van der Waals surface area contributed by atoms with Crippen LogP contribution in [0, 0.1) is 0 Å². The van der Waals surface area contributed by atoms with Gasteiger partial charge in [-0.1, -0.05) is 30.3 Å². The Hall–Kier alpha value is -3.19. The molecule has 0 spiro atoms. The first kappa shape index (κ1) is 21.1. The van der Waals surface area contributed by atoms with E-state index in [4.69, 9.17) is 10.5 Å². The van der Waals surface area contributed by atoms with E-state index in [0.717, 1.165) is 5.56 Å². The fourth-order valence-electron chi connectivity index (χ4n) is 2.62. The molecule has 148 valence electrons. The van der Waals surface area contributed by atoms with Gasteiger partial charge in [-0.15, -0.1) is 0 Å². The summed E-state index contributed by atoms with van der Waals surface area (Å²) in [4.78, 5) is 36.0. The minimum Gasteiger partial charge on any atom is -0.507 e. The van der Waals surface area contributed by atoms with Crippen molar-refractivity contribution in [2.45, 2.75) is 31.9 Å². The van der Waals surface area contributed by atoms with Crippen LogP contribution in [0.25, 0.3) is 0 Å². The highest BCUT2D eigenvalue weighted by Crippen LogP contribution is 2.18. The fourth-order valence-corrected chi connectivity index (χ4v) is 2.62. The number of aldehydes is 1. The second-order valence-electron chi connectivity index (χ2n) is 6.30. The van der Waals surface area contributed by atoms with Gasteiger partial charge in [-0.3, -0.25) is 9.59 Å². The van der Waals surface area contributed by atoms with Crippen LogP contribution in [-0.4, -0.2) is 35.9 Å². The molecule has 0 saturated carbocycles. The quantitative estimate of drug-likeness (QED) is 0.328. The SMILES string of the molecule is NCCCC[C@H](NC(=O)c1cc(C=O)ccc1O)C(=O)OCc1ccccc1. The van der Waals surface area contributed by atoms with Crippen molar-refractivity contribution in [1.82, 2.24) is 5.32 Å². The van der Waals surface area contributed by atoms with Crippen molar-refractivity contribution < 1.29 is 24.2 Å². The molecule has 2 rings (SSSR count). The molecule has 7 nitrogen and oxygen atoms in total. The molecule has 1 amide bonds. The number of nitrogens with one attached hydrogen (secondary N) is 1. The molecule has 0 bridgehead atoms. The third-order valence-corrected chi connectivity index (χ3v) is 4.16. The van der Waals surface area contributed by atoms with Crippen LogP contribution in [0.5, 0.6) is 5.75 Å². The van der Waals surface area contributed by atoms with Gasteiger partial charge in [0.05, 0.1) is 5.56 Å². The highest BCUT2D eigenvalue weighted by atomic mass is 16.5. The second-order valence-corrected chi connectivity index (χ2v) is 6.30. The highest BCUT2D eigenvalue weighted by molar-refractivity contribution is 6.00. The van der Waals surface area contributed by atoms with E-state index in [1.807, 2.05) is 30.3 Å². The summed E-state index contributed by atoms with van der Waals surface area (Å²) < 4.78 is 5.33. The predicted octanol–water partition coefficient (Wildman–Crippen LogP) is 2.18. The number of benzene rings is 2. The van der Waals surface area contributed by atoms with Crippen LogP contribution in [0.1, 0.15) is 45.5 Å². The standard InChI is InChI=1S/C21H24N2O5/c22-11-5-4-8-18(21(27)28-14-15-6-2-1-3-7-15)23-20(26)17-12-16(13-24)9-10-19(17)25/h1-3,6-7,9-10,12-13,18,25H,4-5,8,11,14,22H2,(H,23,26)/t18-/m0/s1. The molecule has 0 fully saturated rings. The normalized spacial score (nSPS) is 11.5. The summed E-state index contributed by atoms with van der Waals surface area (Å²) in [6.45, 7) is 0.566. The number of rotatable bonds is 10. The van der Waals surface area contributed by atoms with Gasteiger partial charge >= 0.3 is 5.97 Å². The van der Waals surface area contributed by atoms with Gasteiger partial charge in [0.1, 0.15) is 24.7 Å². The molecule has 0 aliphatic heterocycles. The summed E-state index contributed by atoms with van der Waals surface area (Å²) in [5.41, 5.74) is 6.50. The molecule has 0 aromatic heterocycles. The smallest absolute Gasteiger partial charge is 0.328 e. The van der Waals surface area contributed by atoms with Gasteiger partial charge in [0.25, 0.3) is 5.91 Å². The third kappa shape index (κ3) is 6.21. The van der Waals surface area contributed by atoms with Crippen molar-refractivity contribution >= 4 is 18.2 Å². The van der Waals surface area contributed by atoms with Crippen LogP contribution in [-0.2, 0) is 16.1 Å². The Kier molecular flexibility index (Phi) is 8.17. The number of carbonyl (C=O) groups excluding carboxylic acids is 3. The number of esters is 1. The molecule has 4 N–H and O–H groups in total. The zero-order chi connectivity index (χ0) is 20.4. The lowest BCUT2D eigenvalue weighted by Gasteiger charge is -2.18. The third-order valence-electron chi connectivity index (χ3n) is 4.16. The first-order valence-corrected chi connectivity index (χ1v) is 9.05. The Morgan fingerprint density at radius 2 is 1.89 bits per heavy atom. The van der Waals surface area contributed by atoms with Crippen molar-refractivity contribution in [3.8, 4) is 5.75 Å². The van der Waals surface area contributed by atoms with Gasteiger partial charge in [0.2, 0.25) is 0 Å². The summed E-state index contributed by atoms with van der Waals surface area (Å²) in [6.07, 6.45) is 2.25. The molecule has 0 aliphatic rings. The summed E-state index contributed by atoms with van der Waals surface area (Å²) in [6, 6.07) is 12.2. The molecule has 1 atom stereocenters. The van der Waals surface area contributed by atoms with E-state index in [9.17, 15) is 19.5 Å². The number of nitrogens with two attached hydrogens (primary N) is 1. The topological polar surface area (TPSA) is 119 Å². The average Bonchev–Trinajstić information content (AvgIpc) is 2.72. The number of phenols is 1. The van der Waals surface area contributed by atoms with Crippen molar-refractivity contribution in [1.29, 1.82) is 0 Å². The maximum atomic E-state index is 12.5. The maximum Gasteiger partial charge on any atom is 0.328 e. The van der Waals surface area contributed by atoms with Gasteiger partial charge in [0.15, 0.2) is 0 Å². The van der Waals surface area contributed by atoms with Gasteiger partial charge in [-0.05, 0) is 49.6 Å². The van der Waals surface area contributed by atoms with Gasteiger partial charge in [0, 0.05) is 5.56 Å². The lowest BCUT2D eigenvalue weighted by Crippen LogP contribution is -2.42. The molecular formula is C21H24N2O5. The molecule has 0 unspecified atom stereocenters. The number of hydrogen-bond acceptors (Lipinski definition) is 6. The molecule has 0 saturated heterocycles. The van der Waals surface area contributed by atoms with Gasteiger partial charge in [-0.25, -0.2) is 4.79 Å². The van der Waals surface area contributed by atoms with Crippen LogP contribution in [0.15, 0.2) is 48.5 Å². The Bertz CT molecular complexity index is 808. The van der Waals surface area contributed by atoms with E-state index in [0.29, 0.717) is 32.1 Å². The zero-order valence-corrected chi connectivity index (χ0v) is 15.5. The first-order chi connectivity index (χ1) is 13.5. The number of unbranched alkanes of at least 4 members (excludes halogenated alkanes) is 1. The minimum atomic E-state index is -0.887. The van der Waals surface area contributed by atoms with Crippen molar-refractivity contribution in [2.24, 2.45) is 5.73 Å². The Labute approximate surface area is 163 Å². The van der Waals surface area contributed by atoms with Crippen molar-refractivity contribution in [3.05, 3.63) is 65.2 Å². The van der Waals surface area contributed by atoms with E-state index < -0.39 is 17.9 Å². The maximum absolute atomic E-state index is 12.5. The van der Waals surface area contributed by atoms with Crippen LogP contribution >= 0.6 is 0 Å². The Morgan fingerprint density at radius 3 is 2.57 bits per heavy atom. The number of hydrogen-bond donors (Lipinski definition) is 3. The molecule has 28 heavy (non-hydrogen) atoms. The monoisotopic (exact) mass is 384 g/mol. The predicted molar refractivity (Wildman–Crippen MR) is 104 cm³/mol. The fraction of sp³-hybridized carbons (Fsp3) is 0.286. The van der Waals surface area contributed by atoms with E-state index in [1.54, 1.807) is 0 Å². The summed E-state index contributed by atoms with van der Waals surface area (Å²) in [5, 5.41) is 12.5. The number of aromatic hydroxyl groups is 1. The van der Waals surface area contributed by atoms with E-state index >= 15 is 0 Å². The number of amides is 1. The Morgan fingerprint density at radius 1 is 1.14 bits per heavy atom. The van der Waals surface area contributed by atoms with Crippen molar-refractivity contribution in [3.63, 3.8) is 0 Å². The van der Waals surface area contributed by atoms with Crippen LogP contribution < -0.4 is 11.1 Å². The highest BCUT2D eigenvalue weighted by Gasteiger charge is 2.24. The molecule has 2 aromatic rings. The lowest BCUT2D eigenvalue weighted by atomic mass is 10.1. The molecule has 0 aliphatic carbocycles. The number of ether oxygens (including phenoxy) is 1. The van der Waals surface area contributed by atoms with Gasteiger partial charge in [-0.2, -0.15) is 0 Å². The van der Waals surface area contributed by atoms with Crippen LogP contribution in [0.2, 0.25) is 0 Å². The molecule has 2 aromatic carbocycles. The van der Waals surface area contributed by atoms with E-state index in [2.05, 4.69) is 5.32 Å². The van der Waals surface area contributed by atoms with E-state index in [-0.39, 0.29) is 23.5 Å². The largest absolute Gasteiger partial charge is 0.507 e. The Balaban J connectivity index is 2.07. The van der Waals surface area contributed by atoms with E-state index in [1.165, 1.54) is 18.2 Å². The zero-order valence-electron chi connectivity index (χ0n) is 15.5. The molecule has 0 heterocycles. The number of carbonyl (C=O) groups is 3. The molecule has 0 radical (unpaired) electrons. The summed E-state index contributed by atoms with van der Waals surface area (Å²) in [7, 11) is 0. The van der Waals surface area contributed by atoms with Crippen LogP contribution in [0.4, 0.5) is 0 Å². The second kappa shape index (κ2) is 10.8. The van der Waals surface area contributed by atoms with Gasteiger partial charge < -0.3 is 20.9 Å². The lowest BCUT2D eigenvalue weighted by molar-refractivity contribution is -0.147. The van der Waals surface area contributed by atoms with Crippen LogP contribution in [0.3, 0.4) is 0 Å². The number of phenolic OH excluding ortho intramolecular Hbond substituents is 1. The van der Waals surface area contributed by atoms with Crippen molar-refractivity contribution in [2.75, 3.05) is 6.54 Å². The molecule has 7 heteroatoms. The average molecular weight is 384 g/mol. The first-order valence-electron chi connectivity index (χ1n) is 9.05. The summed E-state index contributed by atoms with van der Waals surface area (Å²) >= 11 is 0. The molecular weight excluding hydrogens is 360 g/mol. The minimum absolute atomic E-state index is 0.0794. The summed E-state index contributed by atoms with van der Waals surface area (Å²) in [5.74, 6) is -1.50.